The number of nitrogens with zero attached hydrogens (tertiary/aromatic N) is 3. The molecule has 1 aromatic heterocycles. The molecular weight excluding hydrogens is 360 g/mol. The highest BCUT2D eigenvalue weighted by Gasteiger charge is 2.09. The average molecular weight is 378 g/mol. The Morgan fingerprint density at radius 1 is 1.21 bits per heavy atom. The molecular formula is C20H18N4O4. The number of carboxylic acid groups (broad SMARTS) is 1. The first-order chi connectivity index (χ1) is 13.5. The third kappa shape index (κ3) is 4.07. The van der Waals surface area contributed by atoms with Gasteiger partial charge in [-0.1, -0.05) is 30.3 Å². The summed E-state index contributed by atoms with van der Waals surface area (Å²) >= 11 is 0. The quantitative estimate of drug-likeness (QED) is 0.504. The van der Waals surface area contributed by atoms with E-state index in [1.807, 2.05) is 0 Å². The van der Waals surface area contributed by atoms with Crippen molar-refractivity contribution in [2.75, 3.05) is 12.5 Å². The van der Waals surface area contributed by atoms with E-state index in [0.29, 0.717) is 16.7 Å². The molecule has 0 radical (unpaired) electrons. The Labute approximate surface area is 160 Å². The normalized spacial score (nSPS) is 11.7. The van der Waals surface area contributed by atoms with Crippen molar-refractivity contribution >= 4 is 34.6 Å². The van der Waals surface area contributed by atoms with Crippen LogP contribution in [0.4, 0.5) is 5.95 Å². The Hall–Kier alpha value is -3.94. The molecule has 0 fully saturated rings. The summed E-state index contributed by atoms with van der Waals surface area (Å²) in [6.07, 6.45) is 2.97. The fourth-order valence-corrected chi connectivity index (χ4v) is 2.47. The third-order valence-corrected chi connectivity index (χ3v) is 4.03. The Kier molecular flexibility index (Phi) is 5.50. The van der Waals surface area contributed by atoms with Crippen LogP contribution in [-0.4, -0.2) is 33.4 Å². The first-order valence-corrected chi connectivity index (χ1v) is 8.34. The number of anilines is 1. The van der Waals surface area contributed by atoms with Crippen molar-refractivity contribution in [3.63, 3.8) is 0 Å². The third-order valence-electron chi connectivity index (χ3n) is 4.03. The molecule has 0 saturated carbocycles. The number of ether oxygens (including phenoxy) is 1. The summed E-state index contributed by atoms with van der Waals surface area (Å²) in [5.41, 5.74) is 3.35. The van der Waals surface area contributed by atoms with Crippen molar-refractivity contribution < 1.29 is 14.6 Å². The summed E-state index contributed by atoms with van der Waals surface area (Å²) in [7, 11) is 3.10. The second-order valence-electron chi connectivity index (χ2n) is 5.84. The largest absolute Gasteiger partial charge is 0.497 e. The lowest BCUT2D eigenvalue weighted by Gasteiger charge is -2.08. The van der Waals surface area contributed by atoms with E-state index in [0.717, 1.165) is 5.56 Å². The van der Waals surface area contributed by atoms with E-state index in [2.05, 4.69) is 15.5 Å². The maximum Gasteiger partial charge on any atom is 0.356 e. The molecule has 3 rings (SSSR count). The lowest BCUT2D eigenvalue weighted by atomic mass is 10.2. The summed E-state index contributed by atoms with van der Waals surface area (Å²) in [5, 5.41) is 13.7. The van der Waals surface area contributed by atoms with Crippen LogP contribution in [0, 0.1) is 0 Å². The van der Waals surface area contributed by atoms with Gasteiger partial charge in [0.1, 0.15) is 5.75 Å². The SMILES string of the molecule is COc1ccc(/C=C/C(=N/Nc2nc3ccccc3c(=O)n2C)C(=O)O)cc1. The Bertz CT molecular complexity index is 1130. The molecule has 1 heterocycles. The molecule has 8 nitrogen and oxygen atoms in total. The summed E-state index contributed by atoms with van der Waals surface area (Å²) in [6, 6.07) is 14.0. The number of aromatic nitrogens is 2. The van der Waals surface area contributed by atoms with Gasteiger partial charge in [0.15, 0.2) is 5.71 Å². The topological polar surface area (TPSA) is 106 Å². The van der Waals surface area contributed by atoms with Crippen molar-refractivity contribution in [3.05, 3.63) is 70.5 Å². The molecule has 0 aliphatic carbocycles. The molecule has 0 spiro atoms. The molecule has 142 valence electrons. The van der Waals surface area contributed by atoms with E-state index < -0.39 is 5.97 Å². The van der Waals surface area contributed by atoms with Crippen LogP contribution >= 0.6 is 0 Å². The monoisotopic (exact) mass is 378 g/mol. The van der Waals surface area contributed by atoms with Gasteiger partial charge in [0.2, 0.25) is 5.95 Å². The number of carboxylic acids is 1. The van der Waals surface area contributed by atoms with Gasteiger partial charge in [0, 0.05) is 7.05 Å². The zero-order chi connectivity index (χ0) is 20.1. The van der Waals surface area contributed by atoms with Gasteiger partial charge < -0.3 is 9.84 Å². The van der Waals surface area contributed by atoms with Crippen LogP contribution in [0.2, 0.25) is 0 Å². The lowest BCUT2D eigenvalue weighted by molar-refractivity contribution is -0.129. The molecule has 28 heavy (non-hydrogen) atoms. The van der Waals surface area contributed by atoms with E-state index >= 15 is 0 Å². The second-order valence-corrected chi connectivity index (χ2v) is 5.84. The predicted octanol–water partition coefficient (Wildman–Crippen LogP) is 2.51. The molecule has 0 atom stereocenters. The van der Waals surface area contributed by atoms with Crippen LogP contribution < -0.4 is 15.7 Å². The number of rotatable bonds is 6. The van der Waals surface area contributed by atoms with E-state index in [1.54, 1.807) is 61.7 Å². The van der Waals surface area contributed by atoms with Crippen LogP contribution in [0.5, 0.6) is 5.75 Å². The number of aliphatic carboxylic acids is 1. The number of carbonyl (C=O) groups is 1. The minimum Gasteiger partial charge on any atom is -0.497 e. The van der Waals surface area contributed by atoms with Crippen molar-refractivity contribution in [2.24, 2.45) is 12.1 Å². The van der Waals surface area contributed by atoms with Crippen LogP contribution in [-0.2, 0) is 11.8 Å². The number of nitrogens with one attached hydrogen (secondary N) is 1. The smallest absolute Gasteiger partial charge is 0.356 e. The summed E-state index contributed by atoms with van der Waals surface area (Å²) < 4.78 is 6.36. The van der Waals surface area contributed by atoms with Gasteiger partial charge in [-0.15, -0.1) is 0 Å². The molecule has 0 amide bonds. The highest BCUT2D eigenvalue weighted by molar-refractivity contribution is 6.41. The van der Waals surface area contributed by atoms with Gasteiger partial charge in [0.25, 0.3) is 5.56 Å². The zero-order valence-corrected chi connectivity index (χ0v) is 15.3. The van der Waals surface area contributed by atoms with Gasteiger partial charge in [-0.3, -0.25) is 9.36 Å². The van der Waals surface area contributed by atoms with Gasteiger partial charge >= 0.3 is 5.97 Å². The van der Waals surface area contributed by atoms with Crippen LogP contribution in [0.3, 0.4) is 0 Å². The zero-order valence-electron chi connectivity index (χ0n) is 15.3. The molecule has 0 aliphatic heterocycles. The predicted molar refractivity (Wildman–Crippen MR) is 108 cm³/mol. The molecule has 2 N–H and O–H groups in total. The summed E-state index contributed by atoms with van der Waals surface area (Å²) in [6.45, 7) is 0. The Morgan fingerprint density at radius 3 is 2.61 bits per heavy atom. The van der Waals surface area contributed by atoms with Crippen molar-refractivity contribution in [1.29, 1.82) is 0 Å². The van der Waals surface area contributed by atoms with Crippen molar-refractivity contribution in [1.82, 2.24) is 9.55 Å². The number of fused-ring (bicyclic) bond motifs is 1. The van der Waals surface area contributed by atoms with E-state index in [9.17, 15) is 14.7 Å². The van der Waals surface area contributed by atoms with Crippen LogP contribution in [0.25, 0.3) is 17.0 Å². The van der Waals surface area contributed by atoms with Gasteiger partial charge in [-0.25, -0.2) is 15.2 Å². The van der Waals surface area contributed by atoms with Gasteiger partial charge in [0.05, 0.1) is 18.0 Å². The van der Waals surface area contributed by atoms with Crippen molar-refractivity contribution in [3.8, 4) is 5.75 Å². The number of methoxy groups -OCH3 is 1. The Balaban J connectivity index is 1.88. The second kappa shape index (κ2) is 8.17. The highest BCUT2D eigenvalue weighted by atomic mass is 16.5. The first-order valence-electron chi connectivity index (χ1n) is 8.34. The number of benzene rings is 2. The maximum absolute atomic E-state index is 12.4. The maximum atomic E-state index is 12.4. The molecule has 8 heteroatoms. The van der Waals surface area contributed by atoms with Crippen LogP contribution in [0.1, 0.15) is 5.56 Å². The van der Waals surface area contributed by atoms with Gasteiger partial charge in [-0.2, -0.15) is 5.10 Å². The number of hydrogen-bond donors (Lipinski definition) is 2. The number of hydrazone groups is 1. The van der Waals surface area contributed by atoms with E-state index in [1.165, 1.54) is 17.7 Å². The average Bonchev–Trinajstić information content (AvgIpc) is 2.71. The molecule has 0 unspecified atom stereocenters. The minimum atomic E-state index is -1.22. The van der Waals surface area contributed by atoms with E-state index in [-0.39, 0.29) is 17.2 Å². The summed E-state index contributed by atoms with van der Waals surface area (Å²) in [5.74, 6) is -0.377. The van der Waals surface area contributed by atoms with Crippen molar-refractivity contribution in [2.45, 2.75) is 0 Å². The fourth-order valence-electron chi connectivity index (χ4n) is 2.47. The van der Waals surface area contributed by atoms with Gasteiger partial charge in [-0.05, 0) is 35.9 Å². The van der Waals surface area contributed by atoms with Crippen LogP contribution in [0.15, 0.2) is 64.5 Å². The standard InChI is InChI=1S/C20H18N4O4/c1-24-18(25)15-5-3-4-6-16(15)21-20(24)23-22-17(19(26)27)12-9-13-7-10-14(28-2)11-8-13/h3-12H,1-2H3,(H,21,23)(H,26,27)/b12-9+,22-17-. The first kappa shape index (κ1) is 18.8. The summed E-state index contributed by atoms with van der Waals surface area (Å²) in [4.78, 5) is 28.2. The molecule has 0 bridgehead atoms. The molecule has 0 saturated heterocycles. The number of hydrogen-bond acceptors (Lipinski definition) is 6. The minimum absolute atomic E-state index is 0.139. The fraction of sp³-hybridized carbons (Fsp3) is 0.100. The molecule has 3 aromatic rings. The van der Waals surface area contributed by atoms with E-state index in [4.69, 9.17) is 4.74 Å². The molecule has 2 aromatic carbocycles. The highest BCUT2D eigenvalue weighted by Crippen LogP contribution is 2.13. The number of para-hydroxylation sites is 1. The molecule has 0 aliphatic rings. The Morgan fingerprint density at radius 2 is 1.93 bits per heavy atom. The lowest BCUT2D eigenvalue weighted by Crippen LogP contribution is -2.22.